The van der Waals surface area contributed by atoms with Crippen molar-refractivity contribution in [2.75, 3.05) is 0 Å². The van der Waals surface area contributed by atoms with Crippen molar-refractivity contribution >= 4 is 17.9 Å². The van der Waals surface area contributed by atoms with Crippen molar-refractivity contribution < 1.29 is 19.8 Å². The van der Waals surface area contributed by atoms with Gasteiger partial charge >= 0.3 is 11.9 Å². The third kappa shape index (κ3) is 4.23. The molecule has 25 heavy (non-hydrogen) atoms. The van der Waals surface area contributed by atoms with Crippen molar-refractivity contribution in [3.8, 4) is 0 Å². The van der Waals surface area contributed by atoms with Crippen molar-refractivity contribution in [3.05, 3.63) is 0 Å². The number of hydrogen-bond donors (Lipinski definition) is 5. The summed E-state index contributed by atoms with van der Waals surface area (Å²) < 4.78 is 0. The summed E-state index contributed by atoms with van der Waals surface area (Å²) in [7, 11) is 0. The van der Waals surface area contributed by atoms with E-state index in [1.165, 1.54) is 4.90 Å². The molecule has 8 unspecified atom stereocenters. The molecule has 0 bridgehead atoms. The first-order chi connectivity index (χ1) is 11.4. The molecule has 2 saturated heterocycles. The summed E-state index contributed by atoms with van der Waals surface area (Å²) in [6.45, 7) is 11.9. The third-order valence-corrected chi connectivity index (χ3v) is 6.21. The van der Waals surface area contributed by atoms with Gasteiger partial charge in [-0.25, -0.2) is 4.79 Å². The van der Waals surface area contributed by atoms with Crippen molar-refractivity contribution in [1.29, 1.82) is 5.41 Å². The van der Waals surface area contributed by atoms with Crippen molar-refractivity contribution in [1.82, 2.24) is 10.2 Å². The molecular formula is C17H32N4O4. The Morgan fingerprint density at radius 1 is 0.920 bits per heavy atom. The largest absolute Gasteiger partial charge is 0.480 e. The van der Waals surface area contributed by atoms with Gasteiger partial charge in [0, 0.05) is 12.1 Å². The zero-order chi connectivity index (χ0) is 19.6. The molecule has 144 valence electrons. The number of rotatable bonds is 2. The van der Waals surface area contributed by atoms with Crippen LogP contribution in [0.5, 0.6) is 0 Å². The molecular weight excluding hydrogens is 324 g/mol. The van der Waals surface area contributed by atoms with Crippen LogP contribution in [0.3, 0.4) is 0 Å². The monoisotopic (exact) mass is 356 g/mol. The first kappa shape index (κ1) is 21.2. The molecule has 2 aliphatic rings. The van der Waals surface area contributed by atoms with Crippen LogP contribution in [-0.4, -0.2) is 57.2 Å². The van der Waals surface area contributed by atoms with Gasteiger partial charge in [0.2, 0.25) is 0 Å². The summed E-state index contributed by atoms with van der Waals surface area (Å²) in [5, 5.41) is 28.2. The molecule has 2 rings (SSSR count). The number of guanidine groups is 1. The van der Waals surface area contributed by atoms with E-state index in [4.69, 9.17) is 21.4 Å². The summed E-state index contributed by atoms with van der Waals surface area (Å²) in [6, 6.07) is -0.660. The number of nitrogens with two attached hydrogens (primary N) is 1. The standard InChI is InChI=1S/C9H17N3O2.C8H15NO2/c1-4-5(2)7(8(13)14)12(6(4)3)9(10)11;1-4-5(2)7(8(10)11)9-6(4)3/h4-7H,1-3H3,(H3,10,11)(H,13,14);4-7,9H,1-3H3,(H,10,11). The molecule has 6 N–H and O–H groups in total. The SMILES string of the molecule is CC1C(C)C(C(=O)O)N(C(=N)N)C1C.CC1NC(C(=O)O)C(C)C1C. The predicted octanol–water partition coefficient (Wildman–Crippen LogP) is 1.01. The molecule has 0 radical (unpaired) electrons. The summed E-state index contributed by atoms with van der Waals surface area (Å²) in [5.41, 5.74) is 5.39. The summed E-state index contributed by atoms with van der Waals surface area (Å²) in [4.78, 5) is 23.1. The predicted molar refractivity (Wildman–Crippen MR) is 95.3 cm³/mol. The van der Waals surface area contributed by atoms with Gasteiger partial charge in [0.25, 0.3) is 0 Å². The van der Waals surface area contributed by atoms with Gasteiger partial charge in [-0.3, -0.25) is 10.2 Å². The fourth-order valence-corrected chi connectivity index (χ4v) is 3.84. The third-order valence-electron chi connectivity index (χ3n) is 6.21. The Hall–Kier alpha value is -1.83. The highest BCUT2D eigenvalue weighted by molar-refractivity contribution is 5.84. The quantitative estimate of drug-likeness (QED) is 0.367. The number of carboxylic acid groups (broad SMARTS) is 2. The number of nitrogens with one attached hydrogen (secondary N) is 2. The van der Waals surface area contributed by atoms with E-state index in [2.05, 4.69) is 12.2 Å². The Morgan fingerprint density at radius 2 is 1.44 bits per heavy atom. The van der Waals surface area contributed by atoms with E-state index in [0.29, 0.717) is 12.0 Å². The second-order valence-electron chi connectivity index (χ2n) is 7.52. The van der Waals surface area contributed by atoms with Crippen LogP contribution in [0.25, 0.3) is 0 Å². The lowest BCUT2D eigenvalue weighted by molar-refractivity contribution is -0.142. The van der Waals surface area contributed by atoms with E-state index in [1.54, 1.807) is 0 Å². The van der Waals surface area contributed by atoms with Crippen molar-refractivity contribution in [2.24, 2.45) is 29.4 Å². The average molecular weight is 356 g/mol. The molecule has 0 aromatic carbocycles. The molecule has 0 aliphatic carbocycles. The smallest absolute Gasteiger partial charge is 0.326 e. The minimum absolute atomic E-state index is 0.0172. The highest BCUT2D eigenvalue weighted by Gasteiger charge is 2.46. The van der Waals surface area contributed by atoms with Gasteiger partial charge in [0.05, 0.1) is 0 Å². The zero-order valence-corrected chi connectivity index (χ0v) is 15.9. The maximum Gasteiger partial charge on any atom is 0.326 e. The lowest BCUT2D eigenvalue weighted by Crippen LogP contribution is -2.48. The van der Waals surface area contributed by atoms with Gasteiger partial charge < -0.3 is 26.2 Å². The molecule has 0 aromatic heterocycles. The Kier molecular flexibility index (Phi) is 6.82. The molecule has 8 heteroatoms. The number of aliphatic carboxylic acids is 2. The molecule has 2 aliphatic heterocycles. The van der Waals surface area contributed by atoms with Crippen LogP contribution < -0.4 is 11.1 Å². The molecule has 2 fully saturated rings. The van der Waals surface area contributed by atoms with Crippen LogP contribution in [0.2, 0.25) is 0 Å². The molecule has 0 amide bonds. The molecule has 8 atom stereocenters. The molecule has 2 heterocycles. The Balaban J connectivity index is 0.000000257. The zero-order valence-electron chi connectivity index (χ0n) is 15.9. The van der Waals surface area contributed by atoms with Gasteiger partial charge in [0.15, 0.2) is 5.96 Å². The van der Waals surface area contributed by atoms with Crippen LogP contribution in [-0.2, 0) is 9.59 Å². The van der Waals surface area contributed by atoms with E-state index in [9.17, 15) is 9.59 Å². The normalized spacial score (nSPS) is 40.3. The fraction of sp³-hybridized carbons (Fsp3) is 0.824. The maximum atomic E-state index is 11.0. The van der Waals surface area contributed by atoms with E-state index < -0.39 is 18.0 Å². The summed E-state index contributed by atoms with van der Waals surface area (Å²) >= 11 is 0. The average Bonchev–Trinajstić information content (AvgIpc) is 2.90. The number of carbonyl (C=O) groups is 2. The highest BCUT2D eigenvalue weighted by atomic mass is 16.4. The van der Waals surface area contributed by atoms with E-state index in [1.807, 2.05) is 34.6 Å². The van der Waals surface area contributed by atoms with Crippen LogP contribution in [0.4, 0.5) is 0 Å². The van der Waals surface area contributed by atoms with E-state index in [0.717, 1.165) is 0 Å². The van der Waals surface area contributed by atoms with Crippen molar-refractivity contribution in [3.63, 3.8) is 0 Å². The second-order valence-corrected chi connectivity index (χ2v) is 7.52. The van der Waals surface area contributed by atoms with E-state index >= 15 is 0 Å². The van der Waals surface area contributed by atoms with Gasteiger partial charge in [-0.15, -0.1) is 0 Å². The molecule has 0 saturated carbocycles. The number of likely N-dealkylation sites (tertiary alicyclic amines) is 1. The second kappa shape index (κ2) is 8.03. The fourth-order valence-electron chi connectivity index (χ4n) is 3.84. The lowest BCUT2D eigenvalue weighted by atomic mass is 9.91. The van der Waals surface area contributed by atoms with Crippen LogP contribution in [0.1, 0.15) is 41.5 Å². The topological polar surface area (TPSA) is 140 Å². The molecule has 8 nitrogen and oxygen atoms in total. The number of hydrogen-bond acceptors (Lipinski definition) is 4. The number of carboxylic acids is 2. The Labute approximate surface area is 149 Å². The summed E-state index contributed by atoms with van der Waals surface area (Å²) in [6.07, 6.45) is 0. The van der Waals surface area contributed by atoms with Gasteiger partial charge in [-0.1, -0.05) is 27.7 Å². The van der Waals surface area contributed by atoms with Gasteiger partial charge in [-0.05, 0) is 37.5 Å². The first-order valence-electron chi connectivity index (χ1n) is 8.75. The summed E-state index contributed by atoms with van der Waals surface area (Å²) in [5.74, 6) is -0.830. The Bertz CT molecular complexity index is 501. The maximum absolute atomic E-state index is 11.0. The lowest BCUT2D eigenvalue weighted by Gasteiger charge is -2.27. The number of nitrogens with zero attached hydrogens (tertiary/aromatic N) is 1. The van der Waals surface area contributed by atoms with Gasteiger partial charge in [-0.2, -0.15) is 0 Å². The van der Waals surface area contributed by atoms with Crippen LogP contribution in [0.15, 0.2) is 0 Å². The minimum atomic E-state index is -0.899. The molecule has 0 spiro atoms. The first-order valence-corrected chi connectivity index (χ1v) is 8.75. The van der Waals surface area contributed by atoms with Crippen LogP contribution in [0, 0.1) is 29.1 Å². The Morgan fingerprint density at radius 3 is 1.68 bits per heavy atom. The highest BCUT2D eigenvalue weighted by Crippen LogP contribution is 2.34. The van der Waals surface area contributed by atoms with E-state index in [-0.39, 0.29) is 35.8 Å². The molecule has 0 aromatic rings. The minimum Gasteiger partial charge on any atom is -0.480 e. The van der Waals surface area contributed by atoms with Gasteiger partial charge in [0.1, 0.15) is 12.1 Å². The van der Waals surface area contributed by atoms with Crippen molar-refractivity contribution in [2.45, 2.75) is 65.7 Å². The van der Waals surface area contributed by atoms with Crippen LogP contribution >= 0.6 is 0 Å².